The summed E-state index contributed by atoms with van der Waals surface area (Å²) >= 11 is 0. The van der Waals surface area contributed by atoms with Gasteiger partial charge >= 0.3 is 0 Å². The fraction of sp³-hybridized carbons (Fsp3) is 0.471. The third-order valence-corrected chi connectivity index (χ3v) is 4.56. The average molecular weight is 329 g/mol. The maximum Gasteiger partial charge on any atom is 0.271 e. The van der Waals surface area contributed by atoms with Gasteiger partial charge in [-0.1, -0.05) is 6.07 Å². The zero-order valence-electron chi connectivity index (χ0n) is 14.2. The maximum atomic E-state index is 10.9. The molecule has 0 saturated carbocycles. The Bertz CT molecular complexity index is 720. The number of non-ortho nitro benzene ring substituents is 1. The molecule has 1 aromatic carbocycles. The first-order valence-corrected chi connectivity index (χ1v) is 8.24. The number of aromatic nitrogens is 2. The van der Waals surface area contributed by atoms with E-state index in [1.807, 2.05) is 24.7 Å². The Morgan fingerprint density at radius 3 is 2.58 bits per heavy atom. The second kappa shape index (κ2) is 7.00. The highest BCUT2D eigenvalue weighted by Crippen LogP contribution is 2.22. The Morgan fingerprint density at radius 2 is 1.96 bits per heavy atom. The Labute approximate surface area is 141 Å². The highest BCUT2D eigenvalue weighted by molar-refractivity contribution is 5.53. The number of hydrogen-bond donors (Lipinski definition) is 0. The molecule has 2 aromatic rings. The quantitative estimate of drug-likeness (QED) is 0.620. The third kappa shape index (κ3) is 3.73. The Kier molecular flexibility index (Phi) is 4.80. The van der Waals surface area contributed by atoms with E-state index >= 15 is 0 Å². The van der Waals surface area contributed by atoms with Crippen LogP contribution in [0.1, 0.15) is 11.4 Å². The van der Waals surface area contributed by atoms with E-state index in [0.717, 1.165) is 50.5 Å². The minimum absolute atomic E-state index is 0.154. The minimum atomic E-state index is -0.338. The fourth-order valence-corrected chi connectivity index (χ4v) is 3.20. The first-order chi connectivity index (χ1) is 11.5. The lowest BCUT2D eigenvalue weighted by Crippen LogP contribution is -2.47. The number of nitro benzene ring substituents is 1. The zero-order valence-corrected chi connectivity index (χ0v) is 14.2. The van der Waals surface area contributed by atoms with E-state index in [2.05, 4.69) is 21.0 Å². The van der Waals surface area contributed by atoms with Crippen molar-refractivity contribution in [2.24, 2.45) is 7.05 Å². The van der Waals surface area contributed by atoms with Gasteiger partial charge in [0.15, 0.2) is 0 Å². The molecule has 2 heterocycles. The van der Waals surface area contributed by atoms with Crippen LogP contribution in [-0.4, -0.2) is 52.3 Å². The molecule has 1 fully saturated rings. The van der Waals surface area contributed by atoms with Crippen molar-refractivity contribution in [3.05, 3.63) is 51.8 Å². The molecule has 24 heavy (non-hydrogen) atoms. The summed E-state index contributed by atoms with van der Waals surface area (Å²) in [5, 5.41) is 15.3. The van der Waals surface area contributed by atoms with E-state index in [1.54, 1.807) is 12.1 Å². The van der Waals surface area contributed by atoms with E-state index in [0.29, 0.717) is 0 Å². The van der Waals surface area contributed by atoms with Crippen molar-refractivity contribution in [2.45, 2.75) is 13.3 Å². The van der Waals surface area contributed by atoms with Crippen LogP contribution in [0.5, 0.6) is 0 Å². The monoisotopic (exact) mass is 329 g/mol. The first-order valence-electron chi connectivity index (χ1n) is 8.24. The lowest BCUT2D eigenvalue weighted by Gasteiger charge is -2.36. The van der Waals surface area contributed by atoms with Gasteiger partial charge in [0.1, 0.15) is 0 Å². The van der Waals surface area contributed by atoms with Crippen molar-refractivity contribution in [2.75, 3.05) is 37.6 Å². The summed E-state index contributed by atoms with van der Waals surface area (Å²) < 4.78 is 1.95. The summed E-state index contributed by atoms with van der Waals surface area (Å²) in [5.41, 5.74) is 3.41. The second-order valence-corrected chi connectivity index (χ2v) is 6.26. The molecule has 0 bridgehead atoms. The van der Waals surface area contributed by atoms with Crippen molar-refractivity contribution < 1.29 is 4.92 Å². The number of anilines is 1. The van der Waals surface area contributed by atoms with E-state index in [9.17, 15) is 10.1 Å². The Hall–Kier alpha value is -2.41. The Balaban J connectivity index is 1.53. The topological polar surface area (TPSA) is 67.4 Å². The van der Waals surface area contributed by atoms with Crippen LogP contribution in [0.25, 0.3) is 0 Å². The van der Waals surface area contributed by atoms with Gasteiger partial charge in [-0.05, 0) is 19.1 Å². The van der Waals surface area contributed by atoms with Gasteiger partial charge in [0.25, 0.3) is 5.69 Å². The summed E-state index contributed by atoms with van der Waals surface area (Å²) in [7, 11) is 1.99. The molecule has 1 saturated heterocycles. The smallest absolute Gasteiger partial charge is 0.271 e. The normalized spacial score (nSPS) is 15.7. The molecule has 0 unspecified atom stereocenters. The van der Waals surface area contributed by atoms with E-state index < -0.39 is 0 Å². The molecule has 7 nitrogen and oxygen atoms in total. The molecule has 3 rings (SSSR count). The van der Waals surface area contributed by atoms with Crippen LogP contribution < -0.4 is 4.90 Å². The summed E-state index contributed by atoms with van der Waals surface area (Å²) in [4.78, 5) is 15.2. The second-order valence-electron chi connectivity index (χ2n) is 6.26. The molecule has 1 aliphatic heterocycles. The van der Waals surface area contributed by atoms with Crippen LogP contribution in [0.15, 0.2) is 30.3 Å². The minimum Gasteiger partial charge on any atom is -0.369 e. The predicted octanol–water partition coefficient (Wildman–Crippen LogP) is 2.00. The van der Waals surface area contributed by atoms with Crippen molar-refractivity contribution in [3.63, 3.8) is 0 Å². The maximum absolute atomic E-state index is 10.9. The van der Waals surface area contributed by atoms with E-state index in [-0.39, 0.29) is 10.6 Å². The SMILES string of the molecule is Cc1cc(CCN2CCN(c3cccc([N+](=O)[O-])c3)CC2)n(C)n1. The number of aryl methyl sites for hydroxylation is 2. The number of piperazine rings is 1. The van der Waals surface area contributed by atoms with Gasteiger partial charge in [-0.25, -0.2) is 0 Å². The van der Waals surface area contributed by atoms with E-state index in [1.165, 1.54) is 11.8 Å². The van der Waals surface area contributed by atoms with Crippen molar-refractivity contribution >= 4 is 11.4 Å². The molecule has 0 N–H and O–H groups in total. The number of hydrogen-bond acceptors (Lipinski definition) is 5. The van der Waals surface area contributed by atoms with Crippen molar-refractivity contribution in [1.82, 2.24) is 14.7 Å². The number of nitrogens with zero attached hydrogens (tertiary/aromatic N) is 5. The van der Waals surface area contributed by atoms with Gasteiger partial charge in [-0.15, -0.1) is 0 Å². The highest BCUT2D eigenvalue weighted by atomic mass is 16.6. The van der Waals surface area contributed by atoms with Crippen LogP contribution >= 0.6 is 0 Å². The molecule has 0 amide bonds. The molecule has 1 aromatic heterocycles. The summed E-state index contributed by atoms with van der Waals surface area (Å²) in [6.07, 6.45) is 0.994. The van der Waals surface area contributed by atoms with Crippen molar-refractivity contribution in [3.8, 4) is 0 Å². The van der Waals surface area contributed by atoms with Gasteiger partial charge in [-0.3, -0.25) is 19.7 Å². The zero-order chi connectivity index (χ0) is 17.1. The molecule has 0 atom stereocenters. The van der Waals surface area contributed by atoms with Gasteiger partial charge in [0.2, 0.25) is 0 Å². The molecule has 0 spiro atoms. The molecular formula is C17H23N5O2. The first kappa shape index (κ1) is 16.4. The number of benzene rings is 1. The fourth-order valence-electron chi connectivity index (χ4n) is 3.20. The molecular weight excluding hydrogens is 306 g/mol. The lowest BCUT2D eigenvalue weighted by molar-refractivity contribution is -0.384. The summed E-state index contributed by atoms with van der Waals surface area (Å²) in [6.45, 7) is 6.76. The van der Waals surface area contributed by atoms with Gasteiger partial charge in [0, 0.05) is 69.7 Å². The van der Waals surface area contributed by atoms with Crippen LogP contribution in [0, 0.1) is 17.0 Å². The van der Waals surface area contributed by atoms with E-state index in [4.69, 9.17) is 0 Å². The van der Waals surface area contributed by atoms with Gasteiger partial charge < -0.3 is 4.90 Å². The predicted molar refractivity (Wildman–Crippen MR) is 93.4 cm³/mol. The van der Waals surface area contributed by atoms with Gasteiger partial charge in [0.05, 0.1) is 10.6 Å². The highest BCUT2D eigenvalue weighted by Gasteiger charge is 2.19. The van der Waals surface area contributed by atoms with Crippen LogP contribution in [0.3, 0.4) is 0 Å². The van der Waals surface area contributed by atoms with Crippen LogP contribution in [0.4, 0.5) is 11.4 Å². The molecule has 128 valence electrons. The third-order valence-electron chi connectivity index (χ3n) is 4.56. The standard InChI is InChI=1S/C17H23N5O2/c1-14-12-15(19(2)18-14)6-7-20-8-10-21(11-9-20)16-4-3-5-17(13-16)22(23)24/h3-5,12-13H,6-11H2,1-2H3. The molecule has 0 aliphatic carbocycles. The summed E-state index contributed by atoms with van der Waals surface area (Å²) in [5.74, 6) is 0. The molecule has 7 heteroatoms. The number of rotatable bonds is 5. The van der Waals surface area contributed by atoms with Gasteiger partial charge in [-0.2, -0.15) is 5.10 Å². The average Bonchev–Trinajstić information content (AvgIpc) is 2.91. The van der Waals surface area contributed by atoms with Crippen molar-refractivity contribution in [1.29, 1.82) is 0 Å². The largest absolute Gasteiger partial charge is 0.369 e. The lowest BCUT2D eigenvalue weighted by atomic mass is 10.2. The molecule has 0 radical (unpaired) electrons. The Morgan fingerprint density at radius 1 is 1.21 bits per heavy atom. The van der Waals surface area contributed by atoms with Crippen LogP contribution in [-0.2, 0) is 13.5 Å². The van der Waals surface area contributed by atoms with Crippen LogP contribution in [0.2, 0.25) is 0 Å². The molecule has 1 aliphatic rings. The number of nitro groups is 1. The summed E-state index contributed by atoms with van der Waals surface area (Å²) in [6, 6.07) is 9.04.